The summed E-state index contributed by atoms with van der Waals surface area (Å²) in [6, 6.07) is 14.8. The lowest BCUT2D eigenvalue weighted by Crippen LogP contribution is -2.27. The number of hydrogen-bond donors (Lipinski definition) is 0. The molecule has 0 aliphatic rings. The van der Waals surface area contributed by atoms with E-state index in [0.29, 0.717) is 36.5 Å². The van der Waals surface area contributed by atoms with Gasteiger partial charge in [0, 0.05) is 30.6 Å². The Morgan fingerprint density at radius 3 is 2.50 bits per heavy atom. The van der Waals surface area contributed by atoms with Crippen LogP contribution in [0.25, 0.3) is 22.2 Å². The van der Waals surface area contributed by atoms with Crippen molar-refractivity contribution < 1.29 is 32.5 Å². The van der Waals surface area contributed by atoms with E-state index in [0.717, 1.165) is 16.6 Å². The zero-order valence-electron chi connectivity index (χ0n) is 18.2. The molecule has 0 saturated carbocycles. The molecule has 2 aromatic carbocycles. The van der Waals surface area contributed by atoms with Gasteiger partial charge in [-0.05, 0) is 66.8 Å². The third-order valence-corrected chi connectivity index (χ3v) is 5.25. The van der Waals surface area contributed by atoms with Gasteiger partial charge in [0.25, 0.3) is 0 Å². The Bertz CT molecular complexity index is 1290. The molecular formula is C24H21F3N3O4-. The minimum atomic E-state index is -4.73. The first-order valence-electron chi connectivity index (χ1n) is 10.5. The fraction of sp³-hybridized carbons (Fsp3) is 0.250. The summed E-state index contributed by atoms with van der Waals surface area (Å²) in [5.41, 5.74) is 3.04. The van der Waals surface area contributed by atoms with Crippen LogP contribution in [0.5, 0.6) is 11.5 Å². The van der Waals surface area contributed by atoms with E-state index in [1.54, 1.807) is 28.6 Å². The predicted octanol–water partition coefficient (Wildman–Crippen LogP) is 3.70. The minimum Gasteiger partial charge on any atom is -0.548 e. The number of alkyl halides is 3. The SMILES string of the molecule is Cn1nc(-c2ccc(OC(F)(F)F)cc2)cc1CCCOc1ccc2ccn(CC(=O)[O-])c2c1. The van der Waals surface area contributed by atoms with Crippen LogP contribution in [0, 0.1) is 0 Å². The number of hydrogen-bond acceptors (Lipinski definition) is 5. The average Bonchev–Trinajstić information content (AvgIpc) is 3.33. The van der Waals surface area contributed by atoms with Crippen LogP contribution in [0.4, 0.5) is 13.2 Å². The van der Waals surface area contributed by atoms with Gasteiger partial charge in [0.1, 0.15) is 11.5 Å². The van der Waals surface area contributed by atoms with Gasteiger partial charge in [-0.2, -0.15) is 5.10 Å². The number of carbonyl (C=O) groups excluding carboxylic acids is 1. The van der Waals surface area contributed by atoms with E-state index in [9.17, 15) is 23.1 Å². The summed E-state index contributed by atoms with van der Waals surface area (Å²) in [5.74, 6) is -0.808. The summed E-state index contributed by atoms with van der Waals surface area (Å²) in [6.45, 7) is 0.213. The van der Waals surface area contributed by atoms with Crippen LogP contribution in [-0.4, -0.2) is 33.3 Å². The standard InChI is InChI=1S/C24H22F3N3O4/c1-29-18(13-21(28-29)16-4-7-19(8-5-16)34-24(25,26)27)3-2-12-33-20-9-6-17-10-11-30(15-23(31)32)22(17)14-20/h4-11,13-14H,2-3,12,15H2,1H3,(H,31,32)/p-1. The number of benzene rings is 2. The number of halogens is 3. The number of fused-ring (bicyclic) bond motifs is 1. The molecule has 0 amide bonds. The normalized spacial score (nSPS) is 11.6. The molecular weight excluding hydrogens is 451 g/mol. The van der Waals surface area contributed by atoms with Crippen molar-refractivity contribution in [1.29, 1.82) is 0 Å². The van der Waals surface area contributed by atoms with Crippen LogP contribution in [0.15, 0.2) is 60.8 Å². The maximum atomic E-state index is 12.3. The van der Waals surface area contributed by atoms with Crippen molar-refractivity contribution in [1.82, 2.24) is 14.3 Å². The van der Waals surface area contributed by atoms with Gasteiger partial charge in [-0.3, -0.25) is 4.68 Å². The van der Waals surface area contributed by atoms with Crippen LogP contribution < -0.4 is 14.6 Å². The van der Waals surface area contributed by atoms with Crippen LogP contribution in [0.2, 0.25) is 0 Å². The van der Waals surface area contributed by atoms with Crippen LogP contribution in [0.3, 0.4) is 0 Å². The van der Waals surface area contributed by atoms with Crippen LogP contribution in [-0.2, 0) is 24.8 Å². The molecule has 178 valence electrons. The second-order valence-electron chi connectivity index (χ2n) is 7.70. The highest BCUT2D eigenvalue weighted by Crippen LogP contribution is 2.27. The molecule has 2 aromatic heterocycles. The van der Waals surface area contributed by atoms with E-state index >= 15 is 0 Å². The number of carboxylic acids is 1. The van der Waals surface area contributed by atoms with Gasteiger partial charge in [-0.1, -0.05) is 0 Å². The zero-order chi connectivity index (χ0) is 24.3. The lowest BCUT2D eigenvalue weighted by atomic mass is 10.1. The quantitative estimate of drug-likeness (QED) is 0.347. The molecule has 0 spiro atoms. The highest BCUT2D eigenvalue weighted by molar-refractivity contribution is 5.82. The molecule has 2 heterocycles. The largest absolute Gasteiger partial charge is 0.573 e. The van der Waals surface area contributed by atoms with Crippen LogP contribution >= 0.6 is 0 Å². The number of ether oxygens (including phenoxy) is 2. The molecule has 0 N–H and O–H groups in total. The Kier molecular flexibility index (Phi) is 6.49. The zero-order valence-corrected chi connectivity index (χ0v) is 18.2. The van der Waals surface area contributed by atoms with E-state index in [-0.39, 0.29) is 12.3 Å². The second kappa shape index (κ2) is 9.50. The molecule has 0 bridgehead atoms. The number of rotatable bonds is 9. The van der Waals surface area contributed by atoms with Crippen LogP contribution in [0.1, 0.15) is 12.1 Å². The number of aromatic nitrogens is 3. The Morgan fingerprint density at radius 2 is 1.79 bits per heavy atom. The first-order chi connectivity index (χ1) is 16.2. The maximum Gasteiger partial charge on any atom is 0.573 e. The number of nitrogens with zero attached hydrogens (tertiary/aromatic N) is 3. The van der Waals surface area contributed by atoms with E-state index < -0.39 is 12.3 Å². The third-order valence-electron chi connectivity index (χ3n) is 5.25. The van der Waals surface area contributed by atoms with E-state index in [2.05, 4.69) is 9.84 Å². The summed E-state index contributed by atoms with van der Waals surface area (Å²) in [6.07, 6.45) is -1.65. The van der Waals surface area contributed by atoms with Crippen molar-refractivity contribution in [3.8, 4) is 22.8 Å². The molecule has 0 saturated heterocycles. The predicted molar refractivity (Wildman–Crippen MR) is 116 cm³/mol. The third kappa shape index (κ3) is 5.69. The molecule has 10 heteroatoms. The van der Waals surface area contributed by atoms with Crippen molar-refractivity contribution in [3.63, 3.8) is 0 Å². The highest BCUT2D eigenvalue weighted by Gasteiger charge is 2.31. The molecule has 0 aliphatic carbocycles. The number of aliphatic carboxylic acids is 1. The maximum absolute atomic E-state index is 12.3. The van der Waals surface area contributed by atoms with Gasteiger partial charge >= 0.3 is 6.36 Å². The first-order valence-corrected chi connectivity index (χ1v) is 10.5. The van der Waals surface area contributed by atoms with E-state index in [1.807, 2.05) is 24.3 Å². The minimum absolute atomic E-state index is 0.228. The average molecular weight is 472 g/mol. The molecule has 0 aliphatic heterocycles. The van der Waals surface area contributed by atoms with Gasteiger partial charge in [0.2, 0.25) is 0 Å². The molecule has 0 radical (unpaired) electrons. The van der Waals surface area contributed by atoms with Gasteiger partial charge in [-0.15, -0.1) is 13.2 Å². The molecule has 0 fully saturated rings. The topological polar surface area (TPSA) is 81.3 Å². The second-order valence-corrected chi connectivity index (χ2v) is 7.70. The Labute approximate surface area is 192 Å². The van der Waals surface area contributed by atoms with E-state index in [1.165, 1.54) is 24.3 Å². The van der Waals surface area contributed by atoms with Crippen molar-refractivity contribution >= 4 is 16.9 Å². The molecule has 4 aromatic rings. The summed E-state index contributed by atoms with van der Waals surface area (Å²) in [7, 11) is 1.81. The lowest BCUT2D eigenvalue weighted by Gasteiger charge is -2.09. The Morgan fingerprint density at radius 1 is 1.06 bits per heavy atom. The monoisotopic (exact) mass is 472 g/mol. The summed E-state index contributed by atoms with van der Waals surface area (Å²) in [4.78, 5) is 10.9. The molecule has 4 rings (SSSR count). The molecule has 0 unspecified atom stereocenters. The van der Waals surface area contributed by atoms with Gasteiger partial charge in [-0.25, -0.2) is 0 Å². The Balaban J connectivity index is 1.34. The molecule has 0 atom stereocenters. The molecule has 34 heavy (non-hydrogen) atoms. The van der Waals surface area contributed by atoms with Crippen molar-refractivity contribution in [2.24, 2.45) is 7.05 Å². The summed E-state index contributed by atoms with van der Waals surface area (Å²) in [5, 5.41) is 16.3. The molecule has 7 nitrogen and oxygen atoms in total. The number of carbonyl (C=O) groups is 1. The Hall–Kier alpha value is -3.95. The fourth-order valence-electron chi connectivity index (χ4n) is 3.68. The summed E-state index contributed by atoms with van der Waals surface area (Å²) < 4.78 is 50.0. The van der Waals surface area contributed by atoms with Gasteiger partial charge in [0.05, 0.1) is 30.3 Å². The fourth-order valence-corrected chi connectivity index (χ4v) is 3.68. The lowest BCUT2D eigenvalue weighted by molar-refractivity contribution is -0.306. The highest BCUT2D eigenvalue weighted by atomic mass is 19.4. The van der Waals surface area contributed by atoms with Gasteiger partial charge < -0.3 is 23.9 Å². The van der Waals surface area contributed by atoms with Crippen molar-refractivity contribution in [2.45, 2.75) is 25.7 Å². The van der Waals surface area contributed by atoms with E-state index in [4.69, 9.17) is 4.74 Å². The summed E-state index contributed by atoms with van der Waals surface area (Å²) >= 11 is 0. The van der Waals surface area contributed by atoms with Crippen molar-refractivity contribution in [3.05, 3.63) is 66.5 Å². The smallest absolute Gasteiger partial charge is 0.548 e. The van der Waals surface area contributed by atoms with Crippen molar-refractivity contribution in [2.75, 3.05) is 6.61 Å². The number of aryl methyl sites for hydroxylation is 2. The van der Waals surface area contributed by atoms with Gasteiger partial charge in [0.15, 0.2) is 0 Å². The first kappa shape index (κ1) is 23.2. The number of carboxylic acid groups (broad SMARTS) is 1.